The molecule has 146 valence electrons. The molecule has 3 heterocycles. The number of nitrogens with zero attached hydrogens (tertiary/aromatic N) is 3. The third-order valence-corrected chi connectivity index (χ3v) is 6.80. The number of carbonyl (C=O) groups excluding carboxylic acids is 2. The molecule has 0 radical (unpaired) electrons. The number of benzene rings is 1. The Labute approximate surface area is 165 Å². The fraction of sp³-hybridized carbons (Fsp3) is 0.478. The smallest absolute Gasteiger partial charge is 0.270 e. The maximum absolute atomic E-state index is 13.2. The summed E-state index contributed by atoms with van der Waals surface area (Å²) in [5.74, 6) is 0.924. The molecule has 1 aliphatic carbocycles. The third kappa shape index (κ3) is 2.76. The highest BCUT2D eigenvalue weighted by atomic mass is 16.2. The first-order chi connectivity index (χ1) is 13.5. The highest BCUT2D eigenvalue weighted by molar-refractivity contribution is 5.93. The summed E-state index contributed by atoms with van der Waals surface area (Å²) in [5, 5.41) is 0. The summed E-state index contributed by atoms with van der Waals surface area (Å²) in [4.78, 5) is 29.6. The number of aromatic nitrogens is 1. The molecule has 5 nitrogen and oxygen atoms in total. The fourth-order valence-electron chi connectivity index (χ4n) is 5.26. The summed E-state index contributed by atoms with van der Waals surface area (Å²) in [6.07, 6.45) is 4.38. The van der Waals surface area contributed by atoms with E-state index in [4.69, 9.17) is 0 Å². The summed E-state index contributed by atoms with van der Waals surface area (Å²) in [6, 6.07) is 12.9. The van der Waals surface area contributed by atoms with Crippen molar-refractivity contribution in [2.24, 2.45) is 11.8 Å². The number of amides is 2. The van der Waals surface area contributed by atoms with Crippen molar-refractivity contribution in [2.45, 2.75) is 38.8 Å². The molecule has 2 aromatic rings. The minimum atomic E-state index is 0.0664. The standard InChI is InChI=1S/C23H27N3O2/c1-15-6-3-4-7-19(15)22-20-14-24(12-17(20)13-26(22)16(2)27)23(28)21-8-5-11-25(21)18-9-10-18/h3-8,11,17-18,20,22H,9-10,12-14H2,1-2H3/t17-,20-,22-/m1/s1. The minimum absolute atomic E-state index is 0.0664. The highest BCUT2D eigenvalue weighted by Gasteiger charge is 2.50. The van der Waals surface area contributed by atoms with Gasteiger partial charge in [0.15, 0.2) is 0 Å². The van der Waals surface area contributed by atoms with Crippen LogP contribution in [0, 0.1) is 18.8 Å². The van der Waals surface area contributed by atoms with E-state index in [1.165, 1.54) is 24.0 Å². The average molecular weight is 377 g/mol. The SMILES string of the molecule is CC(=O)N1C[C@H]2CN(C(=O)c3cccn3C3CC3)C[C@H]2[C@H]1c1ccccc1C. The van der Waals surface area contributed by atoms with Gasteiger partial charge in [-0.25, -0.2) is 0 Å². The molecule has 0 spiro atoms. The van der Waals surface area contributed by atoms with Crippen molar-refractivity contribution >= 4 is 11.8 Å². The summed E-state index contributed by atoms with van der Waals surface area (Å²) in [5.41, 5.74) is 3.26. The van der Waals surface area contributed by atoms with Gasteiger partial charge >= 0.3 is 0 Å². The summed E-state index contributed by atoms with van der Waals surface area (Å²) in [7, 11) is 0. The van der Waals surface area contributed by atoms with Crippen molar-refractivity contribution in [3.63, 3.8) is 0 Å². The summed E-state index contributed by atoms with van der Waals surface area (Å²) >= 11 is 0. The Kier molecular flexibility index (Phi) is 4.07. The van der Waals surface area contributed by atoms with Crippen LogP contribution in [-0.4, -0.2) is 45.8 Å². The molecule has 0 unspecified atom stereocenters. The van der Waals surface area contributed by atoms with Crippen molar-refractivity contribution in [3.8, 4) is 0 Å². The molecule has 28 heavy (non-hydrogen) atoms. The van der Waals surface area contributed by atoms with Gasteiger partial charge in [0.25, 0.3) is 5.91 Å². The lowest BCUT2D eigenvalue weighted by atomic mass is 9.87. The van der Waals surface area contributed by atoms with Crippen molar-refractivity contribution in [3.05, 3.63) is 59.4 Å². The Morgan fingerprint density at radius 3 is 2.50 bits per heavy atom. The van der Waals surface area contributed by atoms with E-state index in [1.54, 1.807) is 6.92 Å². The summed E-state index contributed by atoms with van der Waals surface area (Å²) < 4.78 is 2.15. The van der Waals surface area contributed by atoms with E-state index in [9.17, 15) is 9.59 Å². The molecule has 3 fully saturated rings. The van der Waals surface area contributed by atoms with Crippen LogP contribution >= 0.6 is 0 Å². The fourth-order valence-corrected chi connectivity index (χ4v) is 5.26. The molecule has 1 aromatic carbocycles. The maximum atomic E-state index is 13.2. The molecule has 3 atom stereocenters. The minimum Gasteiger partial charge on any atom is -0.340 e. The Morgan fingerprint density at radius 1 is 1.00 bits per heavy atom. The van der Waals surface area contributed by atoms with Crippen LogP contribution in [0.2, 0.25) is 0 Å². The molecule has 1 aromatic heterocycles. The first-order valence-electron chi connectivity index (χ1n) is 10.3. The van der Waals surface area contributed by atoms with E-state index in [0.29, 0.717) is 17.9 Å². The lowest BCUT2D eigenvalue weighted by molar-refractivity contribution is -0.130. The van der Waals surface area contributed by atoms with Gasteiger partial charge in [-0.3, -0.25) is 9.59 Å². The van der Waals surface area contributed by atoms with E-state index < -0.39 is 0 Å². The monoisotopic (exact) mass is 377 g/mol. The first-order valence-corrected chi connectivity index (χ1v) is 10.3. The van der Waals surface area contributed by atoms with E-state index in [0.717, 1.165) is 25.3 Å². The summed E-state index contributed by atoms with van der Waals surface area (Å²) in [6.45, 7) is 5.99. The van der Waals surface area contributed by atoms with E-state index >= 15 is 0 Å². The van der Waals surface area contributed by atoms with Crippen LogP contribution in [0.4, 0.5) is 0 Å². The average Bonchev–Trinajstić information content (AvgIpc) is 3.12. The van der Waals surface area contributed by atoms with Crippen LogP contribution < -0.4 is 0 Å². The quantitative estimate of drug-likeness (QED) is 0.823. The first kappa shape index (κ1) is 17.5. The topological polar surface area (TPSA) is 45.6 Å². The van der Waals surface area contributed by atoms with E-state index in [1.807, 2.05) is 40.3 Å². The van der Waals surface area contributed by atoms with Crippen LogP contribution in [0.3, 0.4) is 0 Å². The second kappa shape index (κ2) is 6.50. The van der Waals surface area contributed by atoms with Crippen LogP contribution in [0.15, 0.2) is 42.6 Å². The molecule has 2 saturated heterocycles. The second-order valence-corrected chi connectivity index (χ2v) is 8.64. The molecule has 5 heteroatoms. The Balaban J connectivity index is 1.42. The van der Waals surface area contributed by atoms with Crippen molar-refractivity contribution in [2.75, 3.05) is 19.6 Å². The van der Waals surface area contributed by atoms with Crippen LogP contribution in [0.5, 0.6) is 0 Å². The van der Waals surface area contributed by atoms with Crippen LogP contribution in [-0.2, 0) is 4.79 Å². The third-order valence-electron chi connectivity index (χ3n) is 6.80. The van der Waals surface area contributed by atoms with Gasteiger partial charge in [0, 0.05) is 50.6 Å². The predicted molar refractivity (Wildman–Crippen MR) is 107 cm³/mol. The molecule has 0 bridgehead atoms. The molecular weight excluding hydrogens is 350 g/mol. The van der Waals surface area contributed by atoms with Gasteiger partial charge in [-0.15, -0.1) is 0 Å². The van der Waals surface area contributed by atoms with Gasteiger partial charge in [-0.1, -0.05) is 24.3 Å². The predicted octanol–water partition coefficient (Wildman–Crippen LogP) is 3.42. The van der Waals surface area contributed by atoms with Crippen molar-refractivity contribution < 1.29 is 9.59 Å². The normalized spacial score (nSPS) is 26.6. The zero-order valence-corrected chi connectivity index (χ0v) is 16.5. The largest absolute Gasteiger partial charge is 0.340 e. The van der Waals surface area contributed by atoms with Crippen molar-refractivity contribution in [1.82, 2.24) is 14.4 Å². The number of hydrogen-bond acceptors (Lipinski definition) is 2. The zero-order valence-electron chi connectivity index (χ0n) is 16.5. The molecule has 0 N–H and O–H groups in total. The molecule has 3 aliphatic rings. The number of rotatable bonds is 3. The van der Waals surface area contributed by atoms with Crippen LogP contribution in [0.25, 0.3) is 0 Å². The van der Waals surface area contributed by atoms with Gasteiger partial charge in [0.05, 0.1) is 6.04 Å². The number of hydrogen-bond donors (Lipinski definition) is 0. The van der Waals surface area contributed by atoms with Gasteiger partial charge in [0.1, 0.15) is 5.69 Å². The molecule has 2 amide bonds. The number of aryl methyl sites for hydroxylation is 1. The number of carbonyl (C=O) groups is 2. The second-order valence-electron chi connectivity index (χ2n) is 8.64. The number of likely N-dealkylation sites (tertiary alicyclic amines) is 2. The van der Waals surface area contributed by atoms with Crippen molar-refractivity contribution in [1.29, 1.82) is 0 Å². The highest BCUT2D eigenvalue weighted by Crippen LogP contribution is 2.46. The van der Waals surface area contributed by atoms with Gasteiger partial charge in [-0.2, -0.15) is 0 Å². The van der Waals surface area contributed by atoms with E-state index in [2.05, 4.69) is 23.6 Å². The molecular formula is C23H27N3O2. The van der Waals surface area contributed by atoms with Gasteiger partial charge in [-0.05, 0) is 43.0 Å². The lowest BCUT2D eigenvalue weighted by Gasteiger charge is -2.30. The lowest BCUT2D eigenvalue weighted by Crippen LogP contribution is -2.37. The number of fused-ring (bicyclic) bond motifs is 1. The Morgan fingerprint density at radius 2 is 1.79 bits per heavy atom. The zero-order chi connectivity index (χ0) is 19.4. The molecule has 2 aliphatic heterocycles. The molecule has 5 rings (SSSR count). The Hall–Kier alpha value is -2.56. The maximum Gasteiger partial charge on any atom is 0.270 e. The van der Waals surface area contributed by atoms with Crippen LogP contribution in [0.1, 0.15) is 53.5 Å². The van der Waals surface area contributed by atoms with Gasteiger partial charge in [0.2, 0.25) is 5.91 Å². The van der Waals surface area contributed by atoms with E-state index in [-0.39, 0.29) is 17.9 Å². The van der Waals surface area contributed by atoms with Gasteiger partial charge < -0.3 is 14.4 Å². The molecule has 1 saturated carbocycles. The Bertz CT molecular complexity index is 929.